The molecule has 0 bridgehead atoms. The molecule has 0 N–H and O–H groups in total. The number of rotatable bonds is 3. The van der Waals surface area contributed by atoms with Crippen molar-refractivity contribution in [3.63, 3.8) is 0 Å². The first-order chi connectivity index (χ1) is 7.09. The standard InChI is InChI=1S/C12H19NO2/c1-8(2)12(9-4-3-5-9)13-7-10(14)6-11(13)15/h8-9,12H,3-7H2,1-2H3. The zero-order chi connectivity index (χ0) is 11.0. The predicted octanol–water partition coefficient (Wildman–Crippen LogP) is 1.61. The lowest BCUT2D eigenvalue weighted by atomic mass is 9.75. The fourth-order valence-electron chi connectivity index (χ4n) is 2.82. The number of carbonyl (C=O) groups excluding carboxylic acids is 2. The summed E-state index contributed by atoms with van der Waals surface area (Å²) in [6.45, 7) is 4.66. The van der Waals surface area contributed by atoms with Gasteiger partial charge in [-0.2, -0.15) is 0 Å². The third-order valence-corrected chi connectivity index (χ3v) is 3.69. The Morgan fingerprint density at radius 2 is 1.93 bits per heavy atom. The Labute approximate surface area is 90.8 Å². The van der Waals surface area contributed by atoms with Crippen molar-refractivity contribution in [2.45, 2.75) is 45.6 Å². The maximum absolute atomic E-state index is 11.7. The van der Waals surface area contributed by atoms with Crippen LogP contribution < -0.4 is 0 Å². The molecule has 0 spiro atoms. The summed E-state index contributed by atoms with van der Waals surface area (Å²) in [5.74, 6) is 1.24. The van der Waals surface area contributed by atoms with Gasteiger partial charge in [-0.15, -0.1) is 0 Å². The molecule has 2 fully saturated rings. The zero-order valence-corrected chi connectivity index (χ0v) is 9.53. The number of ketones is 1. The van der Waals surface area contributed by atoms with Gasteiger partial charge in [0.25, 0.3) is 0 Å². The zero-order valence-electron chi connectivity index (χ0n) is 9.53. The van der Waals surface area contributed by atoms with Crippen LogP contribution in [0.15, 0.2) is 0 Å². The molecule has 15 heavy (non-hydrogen) atoms. The van der Waals surface area contributed by atoms with E-state index >= 15 is 0 Å². The third kappa shape index (κ3) is 1.92. The number of carbonyl (C=O) groups is 2. The Kier molecular flexibility index (Phi) is 2.81. The van der Waals surface area contributed by atoms with E-state index < -0.39 is 0 Å². The minimum atomic E-state index is 0.0469. The molecule has 1 atom stereocenters. The molecule has 1 heterocycles. The minimum absolute atomic E-state index is 0.0469. The molecule has 2 aliphatic rings. The van der Waals surface area contributed by atoms with Crippen LogP contribution >= 0.6 is 0 Å². The van der Waals surface area contributed by atoms with Gasteiger partial charge in [-0.3, -0.25) is 9.59 Å². The van der Waals surface area contributed by atoms with Crippen LogP contribution in [0, 0.1) is 11.8 Å². The summed E-state index contributed by atoms with van der Waals surface area (Å²) in [5, 5.41) is 0. The molecule has 1 unspecified atom stereocenters. The van der Waals surface area contributed by atoms with Crippen molar-refractivity contribution in [3.8, 4) is 0 Å². The first-order valence-corrected chi connectivity index (χ1v) is 5.90. The lowest BCUT2D eigenvalue weighted by Crippen LogP contribution is -2.47. The van der Waals surface area contributed by atoms with E-state index in [0.717, 1.165) is 0 Å². The van der Waals surface area contributed by atoms with Crippen LogP contribution in [-0.2, 0) is 9.59 Å². The van der Waals surface area contributed by atoms with Crippen molar-refractivity contribution in [2.24, 2.45) is 11.8 Å². The van der Waals surface area contributed by atoms with Crippen LogP contribution in [0.3, 0.4) is 0 Å². The Bertz CT molecular complexity index is 281. The van der Waals surface area contributed by atoms with Crippen LogP contribution in [0.2, 0.25) is 0 Å². The van der Waals surface area contributed by atoms with Gasteiger partial charge in [0.2, 0.25) is 5.91 Å². The fraction of sp³-hybridized carbons (Fsp3) is 0.833. The van der Waals surface area contributed by atoms with E-state index in [-0.39, 0.29) is 18.1 Å². The number of hydrogen-bond donors (Lipinski definition) is 0. The van der Waals surface area contributed by atoms with Crippen molar-refractivity contribution in [1.29, 1.82) is 0 Å². The van der Waals surface area contributed by atoms with Gasteiger partial charge in [0.1, 0.15) is 0 Å². The number of likely N-dealkylation sites (tertiary alicyclic amines) is 1. The molecule has 3 heteroatoms. The molecule has 1 saturated carbocycles. The molecule has 0 aromatic carbocycles. The molecule has 0 radical (unpaired) electrons. The largest absolute Gasteiger partial charge is 0.331 e. The van der Waals surface area contributed by atoms with Crippen molar-refractivity contribution in [2.75, 3.05) is 6.54 Å². The van der Waals surface area contributed by atoms with Crippen LogP contribution in [0.1, 0.15) is 39.5 Å². The molecular weight excluding hydrogens is 190 g/mol. The van der Waals surface area contributed by atoms with Crippen molar-refractivity contribution in [3.05, 3.63) is 0 Å². The topological polar surface area (TPSA) is 37.4 Å². The second kappa shape index (κ2) is 3.95. The summed E-state index contributed by atoms with van der Waals surface area (Å²) in [7, 11) is 0. The Morgan fingerprint density at radius 1 is 1.27 bits per heavy atom. The van der Waals surface area contributed by atoms with Gasteiger partial charge in [0.05, 0.1) is 13.0 Å². The lowest BCUT2D eigenvalue weighted by molar-refractivity contribution is -0.132. The highest BCUT2D eigenvalue weighted by atomic mass is 16.2. The first-order valence-electron chi connectivity index (χ1n) is 5.90. The van der Waals surface area contributed by atoms with Gasteiger partial charge in [0.15, 0.2) is 5.78 Å². The van der Waals surface area contributed by atoms with E-state index in [1.54, 1.807) is 0 Å². The lowest BCUT2D eigenvalue weighted by Gasteiger charge is -2.41. The van der Waals surface area contributed by atoms with E-state index in [9.17, 15) is 9.59 Å². The molecule has 84 valence electrons. The maximum atomic E-state index is 11.7. The average Bonchev–Trinajstić information content (AvgIpc) is 2.36. The second-order valence-corrected chi connectivity index (χ2v) is 5.16. The number of nitrogens with zero attached hydrogens (tertiary/aromatic N) is 1. The highest BCUT2D eigenvalue weighted by Crippen LogP contribution is 2.36. The van der Waals surface area contributed by atoms with E-state index in [0.29, 0.717) is 24.4 Å². The summed E-state index contributed by atoms with van der Waals surface area (Å²) >= 11 is 0. The number of amides is 1. The summed E-state index contributed by atoms with van der Waals surface area (Å²) in [6, 6.07) is 0.303. The third-order valence-electron chi connectivity index (χ3n) is 3.69. The van der Waals surface area contributed by atoms with E-state index in [4.69, 9.17) is 0 Å². The van der Waals surface area contributed by atoms with Gasteiger partial charge in [-0.25, -0.2) is 0 Å². The van der Waals surface area contributed by atoms with Crippen molar-refractivity contribution in [1.82, 2.24) is 4.90 Å². The number of hydrogen-bond acceptors (Lipinski definition) is 2. The normalized spacial score (nSPS) is 24.9. The maximum Gasteiger partial charge on any atom is 0.230 e. The first kappa shape index (κ1) is 10.7. The fourth-order valence-corrected chi connectivity index (χ4v) is 2.82. The Hall–Kier alpha value is -0.860. The minimum Gasteiger partial charge on any atom is -0.331 e. The molecule has 0 aromatic rings. The van der Waals surface area contributed by atoms with Crippen molar-refractivity contribution < 1.29 is 9.59 Å². The molecule has 0 aromatic heterocycles. The molecule has 1 saturated heterocycles. The van der Waals surface area contributed by atoms with Crippen LogP contribution in [0.5, 0.6) is 0 Å². The average molecular weight is 209 g/mol. The molecule has 3 nitrogen and oxygen atoms in total. The monoisotopic (exact) mass is 209 g/mol. The van der Waals surface area contributed by atoms with Crippen LogP contribution in [0.4, 0.5) is 0 Å². The molecule has 2 rings (SSSR count). The Balaban J connectivity index is 2.10. The Morgan fingerprint density at radius 3 is 2.27 bits per heavy atom. The van der Waals surface area contributed by atoms with Gasteiger partial charge < -0.3 is 4.90 Å². The summed E-state index contributed by atoms with van der Waals surface area (Å²) in [5.41, 5.74) is 0. The molecular formula is C12H19NO2. The summed E-state index contributed by atoms with van der Waals surface area (Å²) in [4.78, 5) is 24.8. The van der Waals surface area contributed by atoms with Crippen LogP contribution in [0.25, 0.3) is 0 Å². The van der Waals surface area contributed by atoms with Crippen LogP contribution in [-0.4, -0.2) is 29.2 Å². The van der Waals surface area contributed by atoms with Gasteiger partial charge in [-0.1, -0.05) is 20.3 Å². The SMILES string of the molecule is CC(C)C(C1CCC1)N1CC(=O)CC1=O. The summed E-state index contributed by atoms with van der Waals surface area (Å²) < 4.78 is 0. The van der Waals surface area contributed by atoms with Gasteiger partial charge >= 0.3 is 0 Å². The van der Waals surface area contributed by atoms with E-state index in [1.165, 1.54) is 19.3 Å². The van der Waals surface area contributed by atoms with E-state index in [1.807, 2.05) is 4.90 Å². The van der Waals surface area contributed by atoms with E-state index in [2.05, 4.69) is 13.8 Å². The molecule has 1 amide bonds. The van der Waals surface area contributed by atoms with Gasteiger partial charge in [0, 0.05) is 6.04 Å². The predicted molar refractivity (Wildman–Crippen MR) is 57.3 cm³/mol. The van der Waals surface area contributed by atoms with Gasteiger partial charge in [-0.05, 0) is 24.7 Å². The number of Topliss-reactive ketones (excluding diaryl/α,β-unsaturated/α-hetero) is 1. The van der Waals surface area contributed by atoms with Crippen molar-refractivity contribution >= 4 is 11.7 Å². The highest BCUT2D eigenvalue weighted by Gasteiger charge is 2.40. The summed E-state index contributed by atoms with van der Waals surface area (Å²) in [6.07, 6.45) is 3.86. The smallest absolute Gasteiger partial charge is 0.230 e. The molecule has 1 aliphatic heterocycles. The quantitative estimate of drug-likeness (QED) is 0.662. The molecule has 1 aliphatic carbocycles. The highest BCUT2D eigenvalue weighted by molar-refractivity contribution is 6.05. The second-order valence-electron chi connectivity index (χ2n) is 5.16.